The summed E-state index contributed by atoms with van der Waals surface area (Å²) in [6.45, 7) is 0.943. The number of ether oxygens (including phenoxy) is 1. The highest BCUT2D eigenvalue weighted by Crippen LogP contribution is 2.35. The lowest BCUT2D eigenvalue weighted by atomic mass is 10.1. The Hall–Kier alpha value is 0.270. The molecule has 76 valence electrons. The van der Waals surface area contributed by atoms with Gasteiger partial charge >= 0.3 is 0 Å². The zero-order valence-electron chi connectivity index (χ0n) is 8.29. The van der Waals surface area contributed by atoms with Crippen LogP contribution in [0, 0.1) is 5.92 Å². The molecular weight excluding hydrogens is 182 g/mol. The van der Waals surface area contributed by atoms with Gasteiger partial charge in [-0.3, -0.25) is 0 Å². The van der Waals surface area contributed by atoms with Crippen LogP contribution in [0.4, 0.5) is 0 Å². The molecule has 3 heteroatoms. The highest BCUT2D eigenvalue weighted by atomic mass is 32.2. The van der Waals surface area contributed by atoms with E-state index in [2.05, 4.69) is 12.4 Å². The number of likely N-dealkylation sites (N-methyl/N-ethyl adjacent to an activating group) is 1. The molecule has 13 heavy (non-hydrogen) atoms. The number of nitrogens with one attached hydrogen (secondary N) is 1. The minimum Gasteiger partial charge on any atom is -0.375 e. The SMILES string of the molecule is CNC(CC1CC1)C1CSCCO1. The van der Waals surface area contributed by atoms with Crippen LogP contribution >= 0.6 is 11.8 Å². The summed E-state index contributed by atoms with van der Waals surface area (Å²) in [5.74, 6) is 3.35. The van der Waals surface area contributed by atoms with Crippen LogP contribution in [0.5, 0.6) is 0 Å². The van der Waals surface area contributed by atoms with Crippen LogP contribution in [0.25, 0.3) is 0 Å². The Labute approximate surface area is 84.8 Å². The topological polar surface area (TPSA) is 21.3 Å². The number of thioether (sulfide) groups is 1. The van der Waals surface area contributed by atoms with Crippen molar-refractivity contribution in [3.8, 4) is 0 Å². The Morgan fingerprint density at radius 3 is 2.92 bits per heavy atom. The van der Waals surface area contributed by atoms with E-state index in [1.54, 1.807) is 0 Å². The molecule has 2 rings (SSSR count). The highest BCUT2D eigenvalue weighted by Gasteiger charge is 2.30. The molecule has 2 atom stereocenters. The highest BCUT2D eigenvalue weighted by molar-refractivity contribution is 7.99. The molecule has 0 aromatic carbocycles. The standard InChI is InChI=1S/C10H19NOS/c1-11-9(6-8-2-3-8)10-7-13-5-4-12-10/h8-11H,2-7H2,1H3. The summed E-state index contributed by atoms with van der Waals surface area (Å²) in [4.78, 5) is 0. The van der Waals surface area contributed by atoms with Crippen molar-refractivity contribution in [3.05, 3.63) is 0 Å². The molecule has 0 spiro atoms. The molecule has 2 fully saturated rings. The summed E-state index contributed by atoms with van der Waals surface area (Å²) in [7, 11) is 2.07. The van der Waals surface area contributed by atoms with Crippen LogP contribution in [-0.4, -0.2) is 37.3 Å². The lowest BCUT2D eigenvalue weighted by Gasteiger charge is -2.30. The minimum atomic E-state index is 0.462. The molecular formula is C10H19NOS. The first-order valence-electron chi connectivity index (χ1n) is 5.26. The molecule has 0 aromatic rings. The second kappa shape index (κ2) is 4.67. The summed E-state index contributed by atoms with van der Waals surface area (Å²) in [5, 5.41) is 3.40. The average molecular weight is 201 g/mol. The van der Waals surface area contributed by atoms with Gasteiger partial charge in [0.2, 0.25) is 0 Å². The molecule has 0 bridgehead atoms. The van der Waals surface area contributed by atoms with E-state index in [9.17, 15) is 0 Å². The molecule has 1 saturated heterocycles. The molecule has 2 nitrogen and oxygen atoms in total. The maximum absolute atomic E-state index is 5.78. The van der Waals surface area contributed by atoms with Gasteiger partial charge in [-0.15, -0.1) is 0 Å². The van der Waals surface area contributed by atoms with Gasteiger partial charge in [0, 0.05) is 17.5 Å². The smallest absolute Gasteiger partial charge is 0.0818 e. The predicted octanol–water partition coefficient (Wildman–Crippen LogP) is 1.51. The van der Waals surface area contributed by atoms with Gasteiger partial charge in [-0.25, -0.2) is 0 Å². The number of hydrogen-bond acceptors (Lipinski definition) is 3. The molecule has 2 unspecified atom stereocenters. The summed E-state index contributed by atoms with van der Waals surface area (Å²) in [6, 6.07) is 0.597. The zero-order chi connectivity index (χ0) is 9.10. The second-order valence-electron chi connectivity index (χ2n) is 4.06. The van der Waals surface area contributed by atoms with Gasteiger partial charge in [0.25, 0.3) is 0 Å². The Bertz CT molecular complexity index is 155. The third-order valence-corrected chi connectivity index (χ3v) is 3.97. The van der Waals surface area contributed by atoms with Gasteiger partial charge in [0.1, 0.15) is 0 Å². The Balaban J connectivity index is 1.78. The third-order valence-electron chi connectivity index (χ3n) is 2.95. The average Bonchev–Trinajstić information content (AvgIpc) is 2.99. The van der Waals surface area contributed by atoms with Crippen molar-refractivity contribution >= 4 is 11.8 Å². The summed E-state index contributed by atoms with van der Waals surface area (Å²) in [6.07, 6.45) is 4.67. The van der Waals surface area contributed by atoms with Crippen molar-refractivity contribution in [2.24, 2.45) is 5.92 Å². The monoisotopic (exact) mass is 201 g/mol. The molecule has 1 aliphatic heterocycles. The maximum Gasteiger partial charge on any atom is 0.0818 e. The molecule has 1 saturated carbocycles. The van der Waals surface area contributed by atoms with Gasteiger partial charge in [0.05, 0.1) is 12.7 Å². The van der Waals surface area contributed by atoms with Crippen molar-refractivity contribution in [2.75, 3.05) is 25.2 Å². The number of rotatable bonds is 4. The molecule has 0 amide bonds. The first-order chi connectivity index (χ1) is 6.40. The van der Waals surface area contributed by atoms with E-state index in [0.717, 1.165) is 12.5 Å². The third kappa shape index (κ3) is 2.86. The fourth-order valence-electron chi connectivity index (χ4n) is 1.91. The molecule has 1 N–H and O–H groups in total. The second-order valence-corrected chi connectivity index (χ2v) is 5.21. The first-order valence-corrected chi connectivity index (χ1v) is 6.42. The summed E-state index contributed by atoms with van der Waals surface area (Å²) in [5.41, 5.74) is 0. The van der Waals surface area contributed by atoms with E-state index >= 15 is 0 Å². The van der Waals surface area contributed by atoms with Crippen molar-refractivity contribution in [1.29, 1.82) is 0 Å². The van der Waals surface area contributed by atoms with Crippen LogP contribution in [-0.2, 0) is 4.74 Å². The normalized spacial score (nSPS) is 31.6. The van der Waals surface area contributed by atoms with Gasteiger partial charge in [-0.1, -0.05) is 12.8 Å². The molecule has 2 aliphatic rings. The summed E-state index contributed by atoms with van der Waals surface area (Å²) < 4.78 is 5.78. The molecule has 1 aliphatic carbocycles. The minimum absolute atomic E-state index is 0.462. The lowest BCUT2D eigenvalue weighted by molar-refractivity contribution is 0.0454. The fourth-order valence-corrected chi connectivity index (χ4v) is 2.85. The predicted molar refractivity (Wildman–Crippen MR) is 57.3 cm³/mol. The number of hydrogen-bond donors (Lipinski definition) is 1. The van der Waals surface area contributed by atoms with E-state index in [1.165, 1.54) is 30.8 Å². The van der Waals surface area contributed by atoms with E-state index in [-0.39, 0.29) is 0 Å². The van der Waals surface area contributed by atoms with Crippen LogP contribution in [0.1, 0.15) is 19.3 Å². The fraction of sp³-hybridized carbons (Fsp3) is 1.00. The Kier molecular flexibility index (Phi) is 3.52. The summed E-state index contributed by atoms with van der Waals surface area (Å²) >= 11 is 2.03. The largest absolute Gasteiger partial charge is 0.375 e. The molecule has 1 heterocycles. The van der Waals surface area contributed by atoms with Crippen molar-refractivity contribution in [2.45, 2.75) is 31.4 Å². The van der Waals surface area contributed by atoms with Crippen LogP contribution < -0.4 is 5.32 Å². The van der Waals surface area contributed by atoms with Crippen LogP contribution in [0.3, 0.4) is 0 Å². The van der Waals surface area contributed by atoms with Gasteiger partial charge < -0.3 is 10.1 Å². The molecule has 0 radical (unpaired) electrons. The quantitative estimate of drug-likeness (QED) is 0.745. The molecule has 0 aromatic heterocycles. The Morgan fingerprint density at radius 1 is 1.54 bits per heavy atom. The van der Waals surface area contributed by atoms with E-state index in [0.29, 0.717) is 12.1 Å². The van der Waals surface area contributed by atoms with Crippen molar-refractivity contribution in [1.82, 2.24) is 5.32 Å². The van der Waals surface area contributed by atoms with Crippen molar-refractivity contribution < 1.29 is 4.74 Å². The maximum atomic E-state index is 5.78. The van der Waals surface area contributed by atoms with Crippen molar-refractivity contribution in [3.63, 3.8) is 0 Å². The zero-order valence-corrected chi connectivity index (χ0v) is 9.11. The first kappa shape index (κ1) is 9.81. The Morgan fingerprint density at radius 2 is 2.38 bits per heavy atom. The van der Waals surface area contributed by atoms with Crippen LogP contribution in [0.15, 0.2) is 0 Å². The van der Waals surface area contributed by atoms with Crippen LogP contribution in [0.2, 0.25) is 0 Å². The van der Waals surface area contributed by atoms with E-state index in [4.69, 9.17) is 4.74 Å². The van der Waals surface area contributed by atoms with E-state index in [1.807, 2.05) is 11.8 Å². The van der Waals surface area contributed by atoms with E-state index < -0.39 is 0 Å². The lowest BCUT2D eigenvalue weighted by Crippen LogP contribution is -2.43. The van der Waals surface area contributed by atoms with Gasteiger partial charge in [-0.2, -0.15) is 11.8 Å². The van der Waals surface area contributed by atoms with Gasteiger partial charge in [-0.05, 0) is 19.4 Å². The van der Waals surface area contributed by atoms with Gasteiger partial charge in [0.15, 0.2) is 0 Å².